The van der Waals surface area contributed by atoms with Crippen LogP contribution in [0.3, 0.4) is 0 Å². The lowest BCUT2D eigenvalue weighted by molar-refractivity contribution is -0.323. The Labute approximate surface area is 100 Å². The summed E-state index contributed by atoms with van der Waals surface area (Å²) < 4.78 is 39.2. The third kappa shape index (κ3) is 5.16. The lowest BCUT2D eigenvalue weighted by Gasteiger charge is -2.12. The molecule has 1 aromatic rings. The van der Waals surface area contributed by atoms with E-state index in [9.17, 15) is 13.2 Å². The van der Waals surface area contributed by atoms with E-state index in [0.717, 1.165) is 4.88 Å². The van der Waals surface area contributed by atoms with Gasteiger partial charge in [-0.2, -0.15) is 0 Å². The molecule has 0 aliphatic carbocycles. The summed E-state index contributed by atoms with van der Waals surface area (Å²) >= 11 is 7.14. The van der Waals surface area contributed by atoms with Crippen LogP contribution in [0, 0.1) is 0 Å². The maximum atomic E-state index is 11.6. The SMILES string of the molecule is CC(NCCOC(F)(F)F)c1ccc(Cl)s1. The first kappa shape index (κ1) is 13.8. The Balaban J connectivity index is 2.23. The van der Waals surface area contributed by atoms with Crippen LogP contribution >= 0.6 is 22.9 Å². The Morgan fingerprint density at radius 2 is 2.19 bits per heavy atom. The summed E-state index contributed by atoms with van der Waals surface area (Å²) in [6.45, 7) is 1.60. The Bertz CT molecular complexity index is 329. The minimum absolute atomic E-state index is 0.0330. The van der Waals surface area contributed by atoms with Gasteiger partial charge < -0.3 is 5.32 Å². The van der Waals surface area contributed by atoms with E-state index in [1.807, 2.05) is 13.0 Å². The molecular formula is C9H11ClF3NOS. The lowest BCUT2D eigenvalue weighted by atomic mass is 10.3. The molecule has 0 spiro atoms. The summed E-state index contributed by atoms with van der Waals surface area (Å²) in [5, 5.41) is 2.91. The third-order valence-corrected chi connectivity index (χ3v) is 3.25. The van der Waals surface area contributed by atoms with E-state index in [2.05, 4.69) is 10.1 Å². The number of alkyl halides is 3. The highest BCUT2D eigenvalue weighted by Crippen LogP contribution is 2.26. The molecule has 16 heavy (non-hydrogen) atoms. The fraction of sp³-hybridized carbons (Fsp3) is 0.556. The molecule has 2 nitrogen and oxygen atoms in total. The molecule has 1 rings (SSSR count). The zero-order chi connectivity index (χ0) is 12.2. The average molecular weight is 274 g/mol. The first-order valence-electron chi connectivity index (χ1n) is 4.58. The number of halogens is 4. The number of hydrogen-bond donors (Lipinski definition) is 1. The van der Waals surface area contributed by atoms with Gasteiger partial charge in [-0.15, -0.1) is 24.5 Å². The van der Waals surface area contributed by atoms with Gasteiger partial charge in [-0.1, -0.05) is 11.6 Å². The summed E-state index contributed by atoms with van der Waals surface area (Å²) in [5.74, 6) is 0. The molecule has 0 fully saturated rings. The van der Waals surface area contributed by atoms with Gasteiger partial charge in [-0.3, -0.25) is 4.74 Å². The van der Waals surface area contributed by atoms with Crippen LogP contribution in [-0.2, 0) is 4.74 Å². The van der Waals surface area contributed by atoms with Crippen LogP contribution in [0.15, 0.2) is 12.1 Å². The highest BCUT2D eigenvalue weighted by molar-refractivity contribution is 7.16. The van der Waals surface area contributed by atoms with E-state index in [1.165, 1.54) is 11.3 Å². The van der Waals surface area contributed by atoms with Crippen molar-refractivity contribution in [1.82, 2.24) is 5.32 Å². The van der Waals surface area contributed by atoms with Crippen LogP contribution in [0.2, 0.25) is 4.34 Å². The van der Waals surface area contributed by atoms with Crippen molar-refractivity contribution in [2.75, 3.05) is 13.2 Å². The Hall–Kier alpha value is -0.300. The van der Waals surface area contributed by atoms with Crippen molar-refractivity contribution in [1.29, 1.82) is 0 Å². The molecule has 0 saturated carbocycles. The van der Waals surface area contributed by atoms with Gasteiger partial charge in [-0.05, 0) is 19.1 Å². The molecule has 0 radical (unpaired) electrons. The number of hydrogen-bond acceptors (Lipinski definition) is 3. The second-order valence-electron chi connectivity index (χ2n) is 3.11. The van der Waals surface area contributed by atoms with Crippen LogP contribution in [0.5, 0.6) is 0 Å². The largest absolute Gasteiger partial charge is 0.522 e. The van der Waals surface area contributed by atoms with Gasteiger partial charge in [0.1, 0.15) is 0 Å². The van der Waals surface area contributed by atoms with E-state index in [1.54, 1.807) is 6.07 Å². The van der Waals surface area contributed by atoms with Crippen LogP contribution in [0.25, 0.3) is 0 Å². The number of nitrogens with one attached hydrogen (secondary N) is 1. The Morgan fingerprint density at radius 1 is 1.50 bits per heavy atom. The monoisotopic (exact) mass is 273 g/mol. The summed E-state index contributed by atoms with van der Waals surface area (Å²) in [5.41, 5.74) is 0. The van der Waals surface area contributed by atoms with Crippen molar-refractivity contribution < 1.29 is 17.9 Å². The molecule has 1 heterocycles. The zero-order valence-electron chi connectivity index (χ0n) is 8.47. The molecule has 0 aromatic carbocycles. The van der Waals surface area contributed by atoms with Crippen LogP contribution in [0.1, 0.15) is 17.8 Å². The standard InChI is InChI=1S/C9H11ClF3NOS/c1-6(7-2-3-8(10)16-7)14-4-5-15-9(11,12)13/h2-3,6,14H,4-5H2,1H3. The quantitative estimate of drug-likeness (QED) is 0.828. The van der Waals surface area contributed by atoms with E-state index in [-0.39, 0.29) is 12.6 Å². The summed E-state index contributed by atoms with van der Waals surface area (Å²) in [6.07, 6.45) is -4.56. The number of rotatable bonds is 5. The minimum Gasteiger partial charge on any atom is -0.307 e. The van der Waals surface area contributed by atoms with Gasteiger partial charge in [0.05, 0.1) is 10.9 Å². The minimum atomic E-state index is -4.56. The normalized spacial score (nSPS) is 14.1. The Kier molecular flexibility index (Phi) is 5.04. The van der Waals surface area contributed by atoms with Gasteiger partial charge in [0.15, 0.2) is 0 Å². The first-order chi connectivity index (χ1) is 7.38. The van der Waals surface area contributed by atoms with Crippen molar-refractivity contribution in [2.45, 2.75) is 19.3 Å². The maximum Gasteiger partial charge on any atom is 0.522 e. The highest BCUT2D eigenvalue weighted by Gasteiger charge is 2.28. The molecule has 0 aliphatic rings. The summed E-state index contributed by atoms with van der Waals surface area (Å²) in [6, 6.07) is 3.57. The van der Waals surface area contributed by atoms with Gasteiger partial charge in [0.25, 0.3) is 0 Å². The molecule has 0 bridgehead atoms. The van der Waals surface area contributed by atoms with Crippen LogP contribution < -0.4 is 5.32 Å². The molecule has 1 atom stereocenters. The number of thiophene rings is 1. The van der Waals surface area contributed by atoms with Crippen molar-refractivity contribution in [3.05, 3.63) is 21.3 Å². The lowest BCUT2D eigenvalue weighted by Crippen LogP contribution is -2.26. The predicted molar refractivity (Wildman–Crippen MR) is 57.8 cm³/mol. The number of ether oxygens (including phenoxy) is 1. The molecule has 0 aliphatic heterocycles. The maximum absolute atomic E-state index is 11.6. The molecule has 1 N–H and O–H groups in total. The van der Waals surface area contributed by atoms with Gasteiger partial charge >= 0.3 is 6.36 Å². The van der Waals surface area contributed by atoms with Crippen LogP contribution in [0.4, 0.5) is 13.2 Å². The third-order valence-electron chi connectivity index (χ3n) is 1.84. The van der Waals surface area contributed by atoms with E-state index < -0.39 is 13.0 Å². The van der Waals surface area contributed by atoms with Gasteiger partial charge in [0, 0.05) is 17.5 Å². The molecule has 0 saturated heterocycles. The van der Waals surface area contributed by atoms with Crippen molar-refractivity contribution in [3.63, 3.8) is 0 Å². The van der Waals surface area contributed by atoms with E-state index in [4.69, 9.17) is 11.6 Å². The fourth-order valence-electron chi connectivity index (χ4n) is 1.10. The average Bonchev–Trinajstić information content (AvgIpc) is 2.57. The molecule has 1 unspecified atom stereocenters. The highest BCUT2D eigenvalue weighted by atomic mass is 35.5. The smallest absolute Gasteiger partial charge is 0.307 e. The molecular weight excluding hydrogens is 263 g/mol. The Morgan fingerprint density at radius 3 is 2.69 bits per heavy atom. The van der Waals surface area contributed by atoms with Crippen molar-refractivity contribution >= 4 is 22.9 Å². The van der Waals surface area contributed by atoms with Crippen molar-refractivity contribution in [3.8, 4) is 0 Å². The van der Waals surface area contributed by atoms with Crippen molar-refractivity contribution in [2.24, 2.45) is 0 Å². The second-order valence-corrected chi connectivity index (χ2v) is 4.86. The second kappa shape index (κ2) is 5.86. The summed E-state index contributed by atoms with van der Waals surface area (Å²) in [7, 11) is 0. The predicted octanol–water partition coefficient (Wildman–Crippen LogP) is 3.59. The first-order valence-corrected chi connectivity index (χ1v) is 5.77. The topological polar surface area (TPSA) is 21.3 Å². The fourth-order valence-corrected chi connectivity index (χ4v) is 2.19. The molecule has 1 aromatic heterocycles. The zero-order valence-corrected chi connectivity index (χ0v) is 10.0. The molecule has 0 amide bonds. The van der Waals surface area contributed by atoms with E-state index >= 15 is 0 Å². The van der Waals surface area contributed by atoms with Gasteiger partial charge in [0.2, 0.25) is 0 Å². The summed E-state index contributed by atoms with van der Waals surface area (Å²) in [4.78, 5) is 0.983. The van der Waals surface area contributed by atoms with Gasteiger partial charge in [-0.25, -0.2) is 0 Å². The van der Waals surface area contributed by atoms with Crippen LogP contribution in [-0.4, -0.2) is 19.5 Å². The molecule has 7 heteroatoms. The van der Waals surface area contributed by atoms with E-state index in [0.29, 0.717) is 4.34 Å². The molecule has 92 valence electrons.